The summed E-state index contributed by atoms with van der Waals surface area (Å²) in [7, 11) is 1.54. The van der Waals surface area contributed by atoms with E-state index in [0.717, 1.165) is 43.0 Å². The molecule has 0 unspecified atom stereocenters. The number of amides is 2. The summed E-state index contributed by atoms with van der Waals surface area (Å²) >= 11 is 0. The van der Waals surface area contributed by atoms with E-state index in [-0.39, 0.29) is 29.4 Å². The van der Waals surface area contributed by atoms with Crippen LogP contribution in [0.3, 0.4) is 0 Å². The summed E-state index contributed by atoms with van der Waals surface area (Å²) in [5.74, 6) is 3.24. The van der Waals surface area contributed by atoms with Crippen LogP contribution in [0.4, 0.5) is 0 Å². The van der Waals surface area contributed by atoms with Gasteiger partial charge in [-0.3, -0.25) is 14.4 Å². The number of carbonyl (C=O) groups is 3. The van der Waals surface area contributed by atoms with Crippen molar-refractivity contribution in [2.45, 2.75) is 57.0 Å². The molecule has 0 aromatic carbocycles. The van der Waals surface area contributed by atoms with E-state index in [4.69, 9.17) is 11.2 Å². The molecule has 3 heterocycles. The molecule has 5 atom stereocenters. The van der Waals surface area contributed by atoms with E-state index in [1.54, 1.807) is 30.3 Å². The Bertz CT molecular complexity index is 1170. The third-order valence-corrected chi connectivity index (χ3v) is 7.82. The van der Waals surface area contributed by atoms with Gasteiger partial charge < -0.3 is 19.9 Å². The number of likely N-dealkylation sites (tertiary alicyclic amines) is 1. The average Bonchev–Trinajstić information content (AvgIpc) is 3.61. The van der Waals surface area contributed by atoms with Crippen LogP contribution in [0.15, 0.2) is 18.3 Å². The van der Waals surface area contributed by atoms with Gasteiger partial charge in [-0.05, 0) is 56.1 Å². The lowest BCUT2D eigenvalue weighted by molar-refractivity contribution is -0.127. The zero-order valence-corrected chi connectivity index (χ0v) is 19.4. The molecule has 0 bridgehead atoms. The maximum Gasteiger partial charge on any atom is 0.271 e. The van der Waals surface area contributed by atoms with Crippen molar-refractivity contribution in [1.29, 1.82) is 0 Å². The van der Waals surface area contributed by atoms with Gasteiger partial charge in [0.15, 0.2) is 0 Å². The highest BCUT2D eigenvalue weighted by molar-refractivity contribution is 6.01. The first-order valence-electron chi connectivity index (χ1n) is 12.1. The second kappa shape index (κ2) is 9.13. The van der Waals surface area contributed by atoms with Gasteiger partial charge in [-0.25, -0.2) is 4.98 Å². The molecule has 2 amide bonds. The number of Topliss-reactive ketones (excluding diaryl/α,β-unsaturated/α-hetero) is 1. The minimum atomic E-state index is -0.568. The summed E-state index contributed by atoms with van der Waals surface area (Å²) in [4.78, 5) is 48.3. The Hall–Kier alpha value is -3.34. The van der Waals surface area contributed by atoms with Gasteiger partial charge in [-0.1, -0.05) is 12.3 Å². The van der Waals surface area contributed by atoms with Crippen LogP contribution >= 0.6 is 0 Å². The van der Waals surface area contributed by atoms with Crippen LogP contribution in [0.1, 0.15) is 55.4 Å². The highest BCUT2D eigenvalue weighted by Gasteiger charge is 2.50. The Kier molecular flexibility index (Phi) is 6.03. The number of aromatic nitrogens is 2. The average molecular weight is 463 g/mol. The fourth-order valence-electron chi connectivity index (χ4n) is 6.16. The van der Waals surface area contributed by atoms with Crippen LogP contribution in [0.5, 0.6) is 5.88 Å². The Labute approximate surface area is 198 Å². The Morgan fingerprint density at radius 3 is 2.94 bits per heavy atom. The molecule has 2 aromatic heterocycles. The van der Waals surface area contributed by atoms with Crippen molar-refractivity contribution in [3.05, 3.63) is 24.0 Å². The molecule has 1 saturated heterocycles. The first-order valence-corrected chi connectivity index (χ1v) is 12.1. The van der Waals surface area contributed by atoms with Gasteiger partial charge in [0.25, 0.3) is 5.91 Å². The fourth-order valence-corrected chi connectivity index (χ4v) is 6.16. The number of ether oxygens (including phenoxy) is 1. The zero-order chi connectivity index (χ0) is 23.8. The number of nitrogens with zero attached hydrogens (tertiary/aromatic N) is 2. The standard InChI is InChI=1S/C26H30N4O4/c1-3-17(12-15-6-5-9-22(15)31)28-24(32)23-18-8-4-7-16(18)14-30(23)26(33)21-13-19-20(29-21)10-11-27-25(19)34-2/h1,10-11,13,15-18,23,29H,4-9,12,14H2,2H3,(H,28,32)/t15-,16-,17+,18-,23-/m0/s1. The second-order valence-corrected chi connectivity index (χ2v) is 9.74. The number of terminal acetylenes is 1. The Balaban J connectivity index is 1.37. The minimum absolute atomic E-state index is 0.0863. The number of ketones is 1. The summed E-state index contributed by atoms with van der Waals surface area (Å²) < 4.78 is 5.32. The molecule has 3 fully saturated rings. The number of fused-ring (bicyclic) bond motifs is 2. The molecule has 0 radical (unpaired) electrons. The summed E-state index contributed by atoms with van der Waals surface area (Å²) in [5.41, 5.74) is 1.16. The lowest BCUT2D eigenvalue weighted by Crippen LogP contribution is -2.51. The van der Waals surface area contributed by atoms with Gasteiger partial charge in [-0.15, -0.1) is 6.42 Å². The molecule has 2 saturated carbocycles. The minimum Gasteiger partial charge on any atom is -0.481 e. The summed E-state index contributed by atoms with van der Waals surface area (Å²) in [6, 6.07) is 2.45. The predicted octanol–water partition coefficient (Wildman–Crippen LogP) is 2.69. The molecule has 2 N–H and O–H groups in total. The van der Waals surface area contributed by atoms with Gasteiger partial charge in [0.05, 0.1) is 24.1 Å². The van der Waals surface area contributed by atoms with Crippen molar-refractivity contribution < 1.29 is 19.1 Å². The van der Waals surface area contributed by atoms with Crippen LogP contribution < -0.4 is 10.1 Å². The molecule has 178 valence electrons. The fraction of sp³-hybridized carbons (Fsp3) is 0.538. The summed E-state index contributed by atoms with van der Waals surface area (Å²) in [6.07, 6.45) is 13.1. The van der Waals surface area contributed by atoms with Crippen LogP contribution in [0.2, 0.25) is 0 Å². The second-order valence-electron chi connectivity index (χ2n) is 9.74. The number of carbonyl (C=O) groups excluding carboxylic acids is 3. The molecule has 8 heteroatoms. The van der Waals surface area contributed by atoms with Gasteiger partial charge in [-0.2, -0.15) is 0 Å². The van der Waals surface area contributed by atoms with Crippen molar-refractivity contribution in [2.75, 3.05) is 13.7 Å². The smallest absolute Gasteiger partial charge is 0.271 e. The normalized spacial score (nSPS) is 26.9. The molecular formula is C26H30N4O4. The van der Waals surface area contributed by atoms with Gasteiger partial charge >= 0.3 is 0 Å². The molecule has 8 nitrogen and oxygen atoms in total. The molecule has 0 spiro atoms. The highest BCUT2D eigenvalue weighted by Crippen LogP contribution is 2.43. The number of hydrogen-bond donors (Lipinski definition) is 2. The predicted molar refractivity (Wildman–Crippen MR) is 126 cm³/mol. The van der Waals surface area contributed by atoms with Gasteiger partial charge in [0.2, 0.25) is 11.8 Å². The molecule has 34 heavy (non-hydrogen) atoms. The van der Waals surface area contributed by atoms with E-state index in [1.807, 2.05) is 0 Å². The number of rotatable bonds is 6. The van der Waals surface area contributed by atoms with Crippen molar-refractivity contribution >= 4 is 28.5 Å². The van der Waals surface area contributed by atoms with Crippen LogP contribution in [-0.2, 0) is 9.59 Å². The number of aromatic amines is 1. The summed E-state index contributed by atoms with van der Waals surface area (Å²) in [6.45, 7) is 0.550. The third kappa shape index (κ3) is 3.93. The lowest BCUT2D eigenvalue weighted by atomic mass is 9.92. The van der Waals surface area contributed by atoms with Crippen molar-refractivity contribution in [3.8, 4) is 18.2 Å². The van der Waals surface area contributed by atoms with Crippen molar-refractivity contribution in [3.63, 3.8) is 0 Å². The molecule has 3 aliphatic rings. The number of pyridine rings is 1. The van der Waals surface area contributed by atoms with E-state index in [0.29, 0.717) is 36.9 Å². The van der Waals surface area contributed by atoms with Crippen LogP contribution in [0, 0.1) is 30.1 Å². The largest absolute Gasteiger partial charge is 0.481 e. The summed E-state index contributed by atoms with van der Waals surface area (Å²) in [5, 5.41) is 3.71. The van der Waals surface area contributed by atoms with E-state index >= 15 is 0 Å². The maximum absolute atomic E-state index is 13.6. The Morgan fingerprint density at radius 1 is 1.35 bits per heavy atom. The van der Waals surface area contributed by atoms with E-state index in [9.17, 15) is 14.4 Å². The molecular weight excluding hydrogens is 432 g/mol. The Morgan fingerprint density at radius 2 is 2.21 bits per heavy atom. The van der Waals surface area contributed by atoms with E-state index in [2.05, 4.69) is 21.2 Å². The van der Waals surface area contributed by atoms with Gasteiger partial charge in [0.1, 0.15) is 17.5 Å². The maximum atomic E-state index is 13.6. The molecule has 1 aliphatic heterocycles. The van der Waals surface area contributed by atoms with E-state index in [1.165, 1.54) is 0 Å². The molecule has 2 aromatic rings. The number of hydrogen-bond acceptors (Lipinski definition) is 5. The highest BCUT2D eigenvalue weighted by atomic mass is 16.5. The molecule has 2 aliphatic carbocycles. The quantitative estimate of drug-likeness (QED) is 0.643. The van der Waals surface area contributed by atoms with Crippen LogP contribution in [-0.4, -0.2) is 58.2 Å². The third-order valence-electron chi connectivity index (χ3n) is 7.82. The SMILES string of the molecule is C#C[C@H](C[C@@H]1CCCC1=O)NC(=O)[C@@H]1[C@H]2CCC[C@H]2CN1C(=O)c1cc2c(OC)nccc2[nH]1. The first-order chi connectivity index (χ1) is 16.5. The zero-order valence-electron chi connectivity index (χ0n) is 19.4. The monoisotopic (exact) mass is 462 g/mol. The lowest BCUT2D eigenvalue weighted by Gasteiger charge is -2.28. The number of methoxy groups -OCH3 is 1. The van der Waals surface area contributed by atoms with Crippen molar-refractivity contribution in [1.82, 2.24) is 20.2 Å². The molecule has 5 rings (SSSR count). The van der Waals surface area contributed by atoms with Crippen LogP contribution in [0.25, 0.3) is 10.9 Å². The van der Waals surface area contributed by atoms with E-state index < -0.39 is 12.1 Å². The topological polar surface area (TPSA) is 104 Å². The number of nitrogens with one attached hydrogen (secondary N) is 2. The first kappa shape index (κ1) is 22.5. The van der Waals surface area contributed by atoms with Gasteiger partial charge in [0, 0.05) is 25.1 Å². The number of H-pyrrole nitrogens is 1. The van der Waals surface area contributed by atoms with Crippen molar-refractivity contribution in [2.24, 2.45) is 17.8 Å².